The van der Waals surface area contributed by atoms with Crippen LogP contribution in [-0.2, 0) is 9.59 Å². The number of aliphatic carboxylic acids is 1. The average molecular weight is 296 g/mol. The van der Waals surface area contributed by atoms with Crippen molar-refractivity contribution in [1.29, 1.82) is 0 Å². The second-order valence-electron chi connectivity index (χ2n) is 7.42. The lowest BCUT2D eigenvalue weighted by molar-refractivity contribution is -0.156. The monoisotopic (exact) mass is 296 g/mol. The second kappa shape index (κ2) is 5.95. The van der Waals surface area contributed by atoms with E-state index in [1.54, 1.807) is 0 Å². The summed E-state index contributed by atoms with van der Waals surface area (Å²) in [5.74, 6) is -1.18. The molecule has 1 amide bonds. The van der Waals surface area contributed by atoms with E-state index in [0.29, 0.717) is 13.0 Å². The highest BCUT2D eigenvalue weighted by molar-refractivity contribution is 5.81. The van der Waals surface area contributed by atoms with Gasteiger partial charge in [0.2, 0.25) is 5.91 Å². The molecule has 0 spiro atoms. The predicted octanol–water partition coefficient (Wildman–Crippen LogP) is 1.68. The molecule has 21 heavy (non-hydrogen) atoms. The minimum absolute atomic E-state index is 0.0773. The summed E-state index contributed by atoms with van der Waals surface area (Å²) in [6, 6.07) is -0.213. The van der Waals surface area contributed by atoms with Crippen molar-refractivity contribution in [2.45, 2.75) is 46.1 Å². The maximum atomic E-state index is 12.4. The van der Waals surface area contributed by atoms with Gasteiger partial charge in [-0.3, -0.25) is 9.59 Å². The zero-order valence-electron chi connectivity index (χ0n) is 13.6. The highest BCUT2D eigenvalue weighted by Crippen LogP contribution is 2.36. The van der Waals surface area contributed by atoms with Gasteiger partial charge in [0, 0.05) is 19.0 Å². The number of nitrogens with zero attached hydrogens (tertiary/aromatic N) is 2. The van der Waals surface area contributed by atoms with Crippen LogP contribution >= 0.6 is 0 Å². The standard InChI is InChI=1S/C16H28N2O3/c1-11-9-13(19)18(12(2)14(11)15(20)21)10-16(3)5-7-17(4)8-6-16/h11-12,14H,5-10H2,1-4H3,(H,20,21). The van der Waals surface area contributed by atoms with Gasteiger partial charge >= 0.3 is 5.97 Å². The van der Waals surface area contributed by atoms with Crippen molar-refractivity contribution in [2.24, 2.45) is 17.3 Å². The quantitative estimate of drug-likeness (QED) is 0.860. The maximum absolute atomic E-state index is 12.4. The molecule has 0 radical (unpaired) electrons. The maximum Gasteiger partial charge on any atom is 0.308 e. The summed E-state index contributed by atoms with van der Waals surface area (Å²) in [5, 5.41) is 9.44. The van der Waals surface area contributed by atoms with E-state index in [1.165, 1.54) is 0 Å². The second-order valence-corrected chi connectivity index (χ2v) is 7.42. The minimum Gasteiger partial charge on any atom is -0.481 e. The largest absolute Gasteiger partial charge is 0.481 e. The van der Waals surface area contributed by atoms with Crippen molar-refractivity contribution >= 4 is 11.9 Å². The van der Waals surface area contributed by atoms with Crippen LogP contribution in [0.4, 0.5) is 0 Å². The summed E-state index contributed by atoms with van der Waals surface area (Å²) >= 11 is 0. The molecule has 2 heterocycles. The Bertz CT molecular complexity index is 416. The van der Waals surface area contributed by atoms with E-state index in [1.807, 2.05) is 18.7 Å². The van der Waals surface area contributed by atoms with E-state index in [-0.39, 0.29) is 23.3 Å². The fourth-order valence-corrected chi connectivity index (χ4v) is 3.83. The van der Waals surface area contributed by atoms with Gasteiger partial charge in [0.25, 0.3) is 0 Å². The summed E-state index contributed by atoms with van der Waals surface area (Å²) in [6.45, 7) is 8.79. The average Bonchev–Trinajstić information content (AvgIpc) is 2.38. The number of likely N-dealkylation sites (tertiary alicyclic amines) is 2. The van der Waals surface area contributed by atoms with Crippen LogP contribution in [0.5, 0.6) is 0 Å². The summed E-state index contributed by atoms with van der Waals surface area (Å²) in [4.78, 5) is 28.0. The van der Waals surface area contributed by atoms with Crippen LogP contribution in [0, 0.1) is 17.3 Å². The first-order chi connectivity index (χ1) is 9.73. The Morgan fingerprint density at radius 2 is 1.90 bits per heavy atom. The first kappa shape index (κ1) is 16.3. The molecule has 0 bridgehead atoms. The molecule has 2 rings (SSSR count). The van der Waals surface area contributed by atoms with Crippen molar-refractivity contribution in [2.75, 3.05) is 26.7 Å². The molecular formula is C16H28N2O3. The van der Waals surface area contributed by atoms with E-state index in [9.17, 15) is 14.7 Å². The highest BCUT2D eigenvalue weighted by Gasteiger charge is 2.44. The van der Waals surface area contributed by atoms with Crippen LogP contribution in [-0.4, -0.2) is 59.5 Å². The van der Waals surface area contributed by atoms with Crippen molar-refractivity contribution in [3.63, 3.8) is 0 Å². The van der Waals surface area contributed by atoms with Gasteiger partial charge < -0.3 is 14.9 Å². The van der Waals surface area contributed by atoms with E-state index in [0.717, 1.165) is 25.9 Å². The van der Waals surface area contributed by atoms with E-state index < -0.39 is 11.9 Å². The molecule has 3 unspecified atom stereocenters. The molecule has 0 saturated carbocycles. The first-order valence-electron chi connectivity index (χ1n) is 7.94. The van der Waals surface area contributed by atoms with Crippen LogP contribution in [0.25, 0.3) is 0 Å². The van der Waals surface area contributed by atoms with Crippen LogP contribution in [0.15, 0.2) is 0 Å². The third kappa shape index (κ3) is 3.39. The van der Waals surface area contributed by atoms with Gasteiger partial charge in [-0.1, -0.05) is 13.8 Å². The Kier molecular flexibility index (Phi) is 4.61. The zero-order chi connectivity index (χ0) is 15.8. The van der Waals surface area contributed by atoms with Crippen molar-refractivity contribution in [1.82, 2.24) is 9.80 Å². The van der Waals surface area contributed by atoms with Gasteiger partial charge in [-0.2, -0.15) is 0 Å². The zero-order valence-corrected chi connectivity index (χ0v) is 13.6. The van der Waals surface area contributed by atoms with Gasteiger partial charge in [0.05, 0.1) is 5.92 Å². The number of carboxylic acids is 1. The summed E-state index contributed by atoms with van der Waals surface area (Å²) in [7, 11) is 2.12. The topological polar surface area (TPSA) is 60.9 Å². The molecule has 2 fully saturated rings. The number of hydrogen-bond donors (Lipinski definition) is 1. The van der Waals surface area contributed by atoms with Gasteiger partial charge in [0.15, 0.2) is 0 Å². The lowest BCUT2D eigenvalue weighted by atomic mass is 9.76. The Morgan fingerprint density at radius 1 is 1.33 bits per heavy atom. The molecule has 2 aliphatic heterocycles. The van der Waals surface area contributed by atoms with Gasteiger partial charge in [-0.15, -0.1) is 0 Å². The van der Waals surface area contributed by atoms with Gasteiger partial charge in [-0.05, 0) is 51.2 Å². The number of hydrogen-bond acceptors (Lipinski definition) is 3. The number of piperidine rings is 2. The lowest BCUT2D eigenvalue weighted by Gasteiger charge is -2.47. The molecule has 0 aliphatic carbocycles. The number of amides is 1. The van der Waals surface area contributed by atoms with E-state index in [4.69, 9.17) is 0 Å². The minimum atomic E-state index is -0.777. The van der Waals surface area contributed by atoms with E-state index >= 15 is 0 Å². The SMILES string of the molecule is CC1CC(=O)N(CC2(C)CCN(C)CC2)C(C)C1C(=O)O. The molecule has 5 nitrogen and oxygen atoms in total. The highest BCUT2D eigenvalue weighted by atomic mass is 16.4. The molecule has 0 aromatic heterocycles. The molecular weight excluding hydrogens is 268 g/mol. The molecule has 3 atom stereocenters. The first-order valence-corrected chi connectivity index (χ1v) is 7.94. The fourth-order valence-electron chi connectivity index (χ4n) is 3.83. The number of carbonyl (C=O) groups is 2. The Labute approximate surface area is 127 Å². The molecule has 2 aliphatic rings. The van der Waals surface area contributed by atoms with E-state index in [2.05, 4.69) is 18.9 Å². The molecule has 1 N–H and O–H groups in total. The Balaban J connectivity index is 2.10. The fraction of sp³-hybridized carbons (Fsp3) is 0.875. The summed E-state index contributed by atoms with van der Waals surface area (Å²) in [5.41, 5.74) is 0.111. The molecule has 0 aromatic carbocycles. The lowest BCUT2D eigenvalue weighted by Crippen LogP contribution is -2.56. The summed E-state index contributed by atoms with van der Waals surface area (Å²) < 4.78 is 0. The van der Waals surface area contributed by atoms with Crippen LogP contribution in [0.1, 0.15) is 40.0 Å². The number of rotatable bonds is 3. The molecule has 2 saturated heterocycles. The van der Waals surface area contributed by atoms with Crippen LogP contribution in [0.2, 0.25) is 0 Å². The Hall–Kier alpha value is -1.10. The van der Waals surface area contributed by atoms with Crippen molar-refractivity contribution in [3.05, 3.63) is 0 Å². The van der Waals surface area contributed by atoms with Crippen molar-refractivity contribution < 1.29 is 14.7 Å². The number of carbonyl (C=O) groups excluding carboxylic acids is 1. The van der Waals surface area contributed by atoms with Gasteiger partial charge in [-0.25, -0.2) is 0 Å². The smallest absolute Gasteiger partial charge is 0.308 e. The van der Waals surface area contributed by atoms with Crippen LogP contribution < -0.4 is 0 Å². The van der Waals surface area contributed by atoms with Gasteiger partial charge in [0.1, 0.15) is 0 Å². The molecule has 5 heteroatoms. The molecule has 120 valence electrons. The number of carboxylic acid groups (broad SMARTS) is 1. The molecule has 0 aromatic rings. The van der Waals surface area contributed by atoms with Crippen molar-refractivity contribution in [3.8, 4) is 0 Å². The third-order valence-electron chi connectivity index (χ3n) is 5.47. The Morgan fingerprint density at radius 3 is 2.43 bits per heavy atom. The normalized spacial score (nSPS) is 34.0. The predicted molar refractivity (Wildman–Crippen MR) is 80.9 cm³/mol. The van der Waals surface area contributed by atoms with Crippen LogP contribution in [0.3, 0.4) is 0 Å². The third-order valence-corrected chi connectivity index (χ3v) is 5.47. The summed E-state index contributed by atoms with van der Waals surface area (Å²) in [6.07, 6.45) is 2.48.